The van der Waals surface area contributed by atoms with Gasteiger partial charge in [0.1, 0.15) is 11.4 Å². The molecule has 0 spiro atoms. The van der Waals surface area contributed by atoms with Gasteiger partial charge in [0.05, 0.1) is 0 Å². The van der Waals surface area contributed by atoms with Gasteiger partial charge in [-0.25, -0.2) is 9.78 Å². The first kappa shape index (κ1) is 22.8. The molecule has 0 fully saturated rings. The van der Waals surface area contributed by atoms with Crippen molar-refractivity contribution in [3.05, 3.63) is 84.1 Å². The maximum absolute atomic E-state index is 12.7. The highest BCUT2D eigenvalue weighted by molar-refractivity contribution is 6.04. The SMILES string of the molecule is CC(C)(C)OC(=O)NCCc1cccc(NC(=O)c2cccc(Oc3ccccn3)c2)c1. The summed E-state index contributed by atoms with van der Waals surface area (Å²) in [7, 11) is 0. The van der Waals surface area contributed by atoms with Gasteiger partial charge in [0.25, 0.3) is 5.91 Å². The van der Waals surface area contributed by atoms with Crippen molar-refractivity contribution in [1.29, 1.82) is 0 Å². The molecular formula is C25H27N3O4. The number of alkyl carbamates (subject to hydrolysis) is 1. The third kappa shape index (κ3) is 7.43. The zero-order valence-corrected chi connectivity index (χ0v) is 18.4. The Morgan fingerprint density at radius 2 is 1.78 bits per heavy atom. The second kappa shape index (κ2) is 10.4. The number of hydrogen-bond donors (Lipinski definition) is 2. The van der Waals surface area contributed by atoms with E-state index in [-0.39, 0.29) is 5.91 Å². The van der Waals surface area contributed by atoms with E-state index in [9.17, 15) is 9.59 Å². The summed E-state index contributed by atoms with van der Waals surface area (Å²) in [6.07, 6.45) is 1.80. The summed E-state index contributed by atoms with van der Waals surface area (Å²) in [5.41, 5.74) is 1.58. The molecule has 0 saturated carbocycles. The van der Waals surface area contributed by atoms with E-state index in [0.717, 1.165) is 5.56 Å². The normalized spacial score (nSPS) is 10.8. The topological polar surface area (TPSA) is 89.6 Å². The standard InChI is InChI=1S/C25H27N3O4/c1-25(2,3)32-24(30)27-15-13-18-8-6-10-20(16-18)28-23(29)19-9-7-11-21(17-19)31-22-12-4-5-14-26-22/h4-12,14,16-17H,13,15H2,1-3H3,(H,27,30)(H,28,29). The predicted octanol–water partition coefficient (Wildman–Crippen LogP) is 5.19. The average molecular weight is 434 g/mol. The molecule has 3 aromatic rings. The van der Waals surface area contributed by atoms with Gasteiger partial charge in [-0.2, -0.15) is 0 Å². The average Bonchev–Trinajstić information content (AvgIpc) is 2.74. The number of carbonyl (C=O) groups excluding carboxylic acids is 2. The fourth-order valence-electron chi connectivity index (χ4n) is 2.86. The molecule has 0 aliphatic carbocycles. The first-order chi connectivity index (χ1) is 15.3. The van der Waals surface area contributed by atoms with E-state index in [1.165, 1.54) is 0 Å². The molecule has 32 heavy (non-hydrogen) atoms. The smallest absolute Gasteiger partial charge is 0.407 e. The van der Waals surface area contributed by atoms with Gasteiger partial charge in [-0.15, -0.1) is 0 Å². The lowest BCUT2D eigenvalue weighted by Gasteiger charge is -2.19. The van der Waals surface area contributed by atoms with Crippen molar-refractivity contribution in [3.8, 4) is 11.6 Å². The fraction of sp³-hybridized carbons (Fsp3) is 0.240. The molecule has 166 valence electrons. The zero-order chi connectivity index (χ0) is 23.0. The largest absolute Gasteiger partial charge is 0.444 e. The molecule has 0 saturated heterocycles. The van der Waals surface area contributed by atoms with E-state index >= 15 is 0 Å². The van der Waals surface area contributed by atoms with Gasteiger partial charge in [-0.05, 0) is 69.2 Å². The van der Waals surface area contributed by atoms with Crippen molar-refractivity contribution in [3.63, 3.8) is 0 Å². The van der Waals surface area contributed by atoms with E-state index in [0.29, 0.717) is 35.8 Å². The van der Waals surface area contributed by atoms with Gasteiger partial charge in [-0.1, -0.05) is 24.3 Å². The van der Waals surface area contributed by atoms with Crippen LogP contribution >= 0.6 is 0 Å². The minimum Gasteiger partial charge on any atom is -0.444 e. The summed E-state index contributed by atoms with van der Waals surface area (Å²) in [5.74, 6) is 0.733. The first-order valence-electron chi connectivity index (χ1n) is 10.3. The summed E-state index contributed by atoms with van der Waals surface area (Å²) >= 11 is 0. The van der Waals surface area contributed by atoms with Crippen molar-refractivity contribution in [1.82, 2.24) is 10.3 Å². The van der Waals surface area contributed by atoms with Gasteiger partial charge in [-0.3, -0.25) is 4.79 Å². The lowest BCUT2D eigenvalue weighted by Crippen LogP contribution is -2.33. The highest BCUT2D eigenvalue weighted by Crippen LogP contribution is 2.21. The zero-order valence-electron chi connectivity index (χ0n) is 18.4. The van der Waals surface area contributed by atoms with Crippen LogP contribution in [0, 0.1) is 0 Å². The quantitative estimate of drug-likeness (QED) is 0.535. The Labute approximate surface area is 187 Å². The molecule has 0 unspecified atom stereocenters. The summed E-state index contributed by atoms with van der Waals surface area (Å²) in [6, 6.07) is 19.8. The Hall–Kier alpha value is -3.87. The van der Waals surface area contributed by atoms with Crippen LogP contribution < -0.4 is 15.4 Å². The molecule has 2 amide bonds. The second-order valence-corrected chi connectivity index (χ2v) is 8.13. The van der Waals surface area contributed by atoms with Crippen molar-refractivity contribution >= 4 is 17.7 Å². The predicted molar refractivity (Wildman–Crippen MR) is 123 cm³/mol. The Kier molecular flexibility index (Phi) is 7.44. The number of carbonyl (C=O) groups is 2. The number of benzene rings is 2. The van der Waals surface area contributed by atoms with E-state index in [1.54, 1.807) is 42.6 Å². The minimum absolute atomic E-state index is 0.250. The number of rotatable bonds is 7. The molecule has 1 aromatic heterocycles. The summed E-state index contributed by atoms with van der Waals surface area (Å²) in [5, 5.41) is 5.63. The molecule has 0 atom stereocenters. The maximum Gasteiger partial charge on any atom is 0.407 e. The van der Waals surface area contributed by atoms with Crippen LogP contribution in [0.2, 0.25) is 0 Å². The molecule has 7 heteroatoms. The Balaban J connectivity index is 1.56. The van der Waals surface area contributed by atoms with E-state index in [4.69, 9.17) is 9.47 Å². The number of amides is 2. The molecule has 2 aromatic carbocycles. The molecule has 0 aliphatic rings. The molecule has 1 heterocycles. The molecular weight excluding hydrogens is 406 g/mol. The van der Waals surface area contributed by atoms with Crippen LogP contribution in [0.1, 0.15) is 36.7 Å². The van der Waals surface area contributed by atoms with Crippen LogP contribution in [0.25, 0.3) is 0 Å². The van der Waals surface area contributed by atoms with Crippen LogP contribution in [0.3, 0.4) is 0 Å². The molecule has 2 N–H and O–H groups in total. The Morgan fingerprint density at radius 1 is 0.969 bits per heavy atom. The Bertz CT molecular complexity index is 1060. The summed E-state index contributed by atoms with van der Waals surface area (Å²) < 4.78 is 10.9. The summed E-state index contributed by atoms with van der Waals surface area (Å²) in [6.45, 7) is 5.89. The second-order valence-electron chi connectivity index (χ2n) is 8.13. The molecule has 0 bridgehead atoms. The van der Waals surface area contributed by atoms with Crippen LogP contribution in [0.15, 0.2) is 72.9 Å². The van der Waals surface area contributed by atoms with Gasteiger partial charge in [0.2, 0.25) is 5.88 Å². The third-order valence-corrected chi connectivity index (χ3v) is 4.22. The minimum atomic E-state index is -0.533. The molecule has 3 rings (SSSR count). The summed E-state index contributed by atoms with van der Waals surface area (Å²) in [4.78, 5) is 28.6. The number of anilines is 1. The van der Waals surface area contributed by atoms with Crippen LogP contribution in [-0.4, -0.2) is 29.1 Å². The van der Waals surface area contributed by atoms with Crippen molar-refractivity contribution in [2.24, 2.45) is 0 Å². The van der Waals surface area contributed by atoms with Gasteiger partial charge >= 0.3 is 6.09 Å². The monoisotopic (exact) mass is 433 g/mol. The lowest BCUT2D eigenvalue weighted by molar-refractivity contribution is 0.0528. The van der Waals surface area contributed by atoms with E-state index in [1.807, 2.05) is 51.1 Å². The highest BCUT2D eigenvalue weighted by atomic mass is 16.6. The maximum atomic E-state index is 12.7. The number of ether oxygens (including phenoxy) is 2. The van der Waals surface area contributed by atoms with Crippen LogP contribution in [-0.2, 0) is 11.2 Å². The third-order valence-electron chi connectivity index (χ3n) is 4.22. The number of hydrogen-bond acceptors (Lipinski definition) is 5. The van der Waals surface area contributed by atoms with Crippen molar-refractivity contribution < 1.29 is 19.1 Å². The highest BCUT2D eigenvalue weighted by Gasteiger charge is 2.15. The van der Waals surface area contributed by atoms with Gasteiger partial charge in [0, 0.05) is 30.1 Å². The Morgan fingerprint density at radius 3 is 2.53 bits per heavy atom. The molecule has 0 radical (unpaired) electrons. The molecule has 0 aliphatic heterocycles. The lowest BCUT2D eigenvalue weighted by atomic mass is 10.1. The number of pyridine rings is 1. The van der Waals surface area contributed by atoms with E-state index in [2.05, 4.69) is 15.6 Å². The van der Waals surface area contributed by atoms with Gasteiger partial charge in [0.15, 0.2) is 0 Å². The van der Waals surface area contributed by atoms with Crippen LogP contribution in [0.4, 0.5) is 10.5 Å². The number of nitrogens with one attached hydrogen (secondary N) is 2. The fourth-order valence-corrected chi connectivity index (χ4v) is 2.86. The van der Waals surface area contributed by atoms with Crippen molar-refractivity contribution in [2.75, 3.05) is 11.9 Å². The van der Waals surface area contributed by atoms with Crippen molar-refractivity contribution in [2.45, 2.75) is 32.8 Å². The van der Waals surface area contributed by atoms with Crippen LogP contribution in [0.5, 0.6) is 11.6 Å². The van der Waals surface area contributed by atoms with E-state index < -0.39 is 11.7 Å². The number of aromatic nitrogens is 1. The first-order valence-corrected chi connectivity index (χ1v) is 10.3. The van der Waals surface area contributed by atoms with Gasteiger partial charge < -0.3 is 20.1 Å². The number of nitrogens with zero attached hydrogens (tertiary/aromatic N) is 1. The molecule has 7 nitrogen and oxygen atoms in total.